The Labute approximate surface area is 144 Å². The number of benzene rings is 2. The molecule has 6 heteroatoms. The van der Waals surface area contributed by atoms with Gasteiger partial charge in [0, 0.05) is 0 Å². The maximum atomic E-state index is 9.98. The average Bonchev–Trinajstić information content (AvgIpc) is 2.52. The standard InChI is InChI=1S/C16H15Cl3O3/c1-21-14-9-12(15(20)16(17,18)19)7-8-13(14)22-10-11-5-3-2-4-6-11/h2-9,15,20H,10H2,1H3. The van der Waals surface area contributed by atoms with Gasteiger partial charge in [-0.15, -0.1) is 0 Å². The van der Waals surface area contributed by atoms with E-state index in [1.165, 1.54) is 7.11 Å². The molecule has 0 saturated carbocycles. The molecule has 2 rings (SSSR count). The topological polar surface area (TPSA) is 38.7 Å². The molecule has 0 bridgehead atoms. The Morgan fingerprint density at radius 1 is 1.05 bits per heavy atom. The van der Waals surface area contributed by atoms with Crippen molar-refractivity contribution in [1.82, 2.24) is 0 Å². The molecule has 0 radical (unpaired) electrons. The molecular weight excluding hydrogens is 347 g/mol. The van der Waals surface area contributed by atoms with Crippen LogP contribution < -0.4 is 9.47 Å². The van der Waals surface area contributed by atoms with Gasteiger partial charge in [0.25, 0.3) is 0 Å². The van der Waals surface area contributed by atoms with Crippen LogP contribution in [0, 0.1) is 0 Å². The molecule has 0 heterocycles. The van der Waals surface area contributed by atoms with Crippen LogP contribution in [-0.2, 0) is 6.61 Å². The summed E-state index contributed by atoms with van der Waals surface area (Å²) in [6.45, 7) is 0.406. The molecule has 22 heavy (non-hydrogen) atoms. The lowest BCUT2D eigenvalue weighted by molar-refractivity contribution is 0.181. The third kappa shape index (κ3) is 4.43. The Morgan fingerprint density at radius 2 is 1.73 bits per heavy atom. The summed E-state index contributed by atoms with van der Waals surface area (Å²) in [5, 5.41) is 9.98. The van der Waals surface area contributed by atoms with Gasteiger partial charge in [-0.05, 0) is 23.3 Å². The van der Waals surface area contributed by atoms with Crippen molar-refractivity contribution in [2.24, 2.45) is 0 Å². The molecule has 0 aliphatic heterocycles. The fraction of sp³-hybridized carbons (Fsp3) is 0.250. The summed E-state index contributed by atoms with van der Waals surface area (Å²) in [7, 11) is 1.51. The van der Waals surface area contributed by atoms with Gasteiger partial charge in [0.15, 0.2) is 11.5 Å². The van der Waals surface area contributed by atoms with Crippen molar-refractivity contribution in [1.29, 1.82) is 0 Å². The van der Waals surface area contributed by atoms with E-state index >= 15 is 0 Å². The minimum atomic E-state index is -1.81. The molecular formula is C16H15Cl3O3. The third-order valence-corrected chi connectivity index (χ3v) is 3.67. The van der Waals surface area contributed by atoms with Gasteiger partial charge in [0.2, 0.25) is 3.79 Å². The van der Waals surface area contributed by atoms with E-state index in [9.17, 15) is 5.11 Å². The largest absolute Gasteiger partial charge is 0.493 e. The molecule has 0 amide bonds. The minimum absolute atomic E-state index is 0.406. The highest BCUT2D eigenvalue weighted by molar-refractivity contribution is 6.68. The summed E-state index contributed by atoms with van der Waals surface area (Å²) in [5.74, 6) is 1.01. The Bertz CT molecular complexity index is 612. The van der Waals surface area contributed by atoms with Crippen LogP contribution in [0.5, 0.6) is 11.5 Å². The SMILES string of the molecule is COc1cc(C(O)C(Cl)(Cl)Cl)ccc1OCc1ccccc1. The number of alkyl halides is 3. The summed E-state index contributed by atoms with van der Waals surface area (Å²) in [6, 6.07) is 14.7. The smallest absolute Gasteiger partial charge is 0.220 e. The zero-order valence-electron chi connectivity index (χ0n) is 11.8. The van der Waals surface area contributed by atoms with Gasteiger partial charge in [-0.2, -0.15) is 0 Å². The highest BCUT2D eigenvalue weighted by Crippen LogP contribution is 2.41. The lowest BCUT2D eigenvalue weighted by Gasteiger charge is -2.20. The van der Waals surface area contributed by atoms with Crippen molar-refractivity contribution in [2.75, 3.05) is 7.11 Å². The van der Waals surface area contributed by atoms with Crippen molar-refractivity contribution >= 4 is 34.8 Å². The van der Waals surface area contributed by atoms with Crippen LogP contribution in [0.15, 0.2) is 48.5 Å². The predicted molar refractivity (Wildman–Crippen MR) is 89.0 cm³/mol. The Kier molecular flexibility index (Phi) is 5.81. The fourth-order valence-electron chi connectivity index (χ4n) is 1.90. The number of rotatable bonds is 5. The van der Waals surface area contributed by atoms with E-state index in [1.54, 1.807) is 18.2 Å². The lowest BCUT2D eigenvalue weighted by atomic mass is 10.1. The highest BCUT2D eigenvalue weighted by Gasteiger charge is 2.32. The van der Waals surface area contributed by atoms with Gasteiger partial charge < -0.3 is 14.6 Å². The van der Waals surface area contributed by atoms with Crippen LogP contribution in [0.3, 0.4) is 0 Å². The van der Waals surface area contributed by atoms with Crippen molar-refractivity contribution < 1.29 is 14.6 Å². The van der Waals surface area contributed by atoms with Crippen molar-refractivity contribution in [3.63, 3.8) is 0 Å². The van der Waals surface area contributed by atoms with E-state index < -0.39 is 9.90 Å². The van der Waals surface area contributed by atoms with Crippen molar-refractivity contribution in [2.45, 2.75) is 16.5 Å². The number of aliphatic hydroxyl groups is 1. The maximum absolute atomic E-state index is 9.98. The highest BCUT2D eigenvalue weighted by atomic mass is 35.6. The van der Waals surface area contributed by atoms with Crippen LogP contribution in [0.2, 0.25) is 0 Å². The first-order valence-corrected chi connectivity index (χ1v) is 7.64. The monoisotopic (exact) mass is 360 g/mol. The van der Waals surface area contributed by atoms with Gasteiger partial charge in [-0.3, -0.25) is 0 Å². The summed E-state index contributed by atoms with van der Waals surface area (Å²) in [4.78, 5) is 0. The molecule has 0 spiro atoms. The zero-order chi connectivity index (χ0) is 16.2. The zero-order valence-corrected chi connectivity index (χ0v) is 14.1. The van der Waals surface area contributed by atoms with Crippen LogP contribution in [-0.4, -0.2) is 16.0 Å². The number of hydrogen-bond acceptors (Lipinski definition) is 3. The second-order valence-electron chi connectivity index (χ2n) is 4.63. The number of halogens is 3. The van der Waals surface area contributed by atoms with Crippen LogP contribution in [0.4, 0.5) is 0 Å². The Hall–Kier alpha value is -1.13. The van der Waals surface area contributed by atoms with Gasteiger partial charge in [-0.1, -0.05) is 71.2 Å². The predicted octanol–water partition coefficient (Wildman–Crippen LogP) is 4.68. The first-order valence-electron chi connectivity index (χ1n) is 6.51. The molecule has 3 nitrogen and oxygen atoms in total. The molecule has 1 N–H and O–H groups in total. The van der Waals surface area contributed by atoms with Gasteiger partial charge in [0.05, 0.1) is 7.11 Å². The second kappa shape index (κ2) is 7.42. The molecule has 1 atom stereocenters. The van der Waals surface area contributed by atoms with E-state index in [4.69, 9.17) is 44.3 Å². The summed E-state index contributed by atoms with van der Waals surface area (Å²) in [6.07, 6.45) is -1.26. The molecule has 118 valence electrons. The molecule has 0 saturated heterocycles. The van der Waals surface area contributed by atoms with Crippen LogP contribution in [0.1, 0.15) is 17.2 Å². The van der Waals surface area contributed by atoms with Gasteiger partial charge in [0.1, 0.15) is 12.7 Å². The number of aliphatic hydroxyl groups excluding tert-OH is 1. The van der Waals surface area contributed by atoms with Crippen LogP contribution >= 0.6 is 34.8 Å². The third-order valence-electron chi connectivity index (χ3n) is 3.05. The van der Waals surface area contributed by atoms with E-state index in [1.807, 2.05) is 30.3 Å². The lowest BCUT2D eigenvalue weighted by Crippen LogP contribution is -2.16. The number of ether oxygens (including phenoxy) is 2. The molecule has 2 aromatic carbocycles. The van der Waals surface area contributed by atoms with Gasteiger partial charge >= 0.3 is 0 Å². The van der Waals surface area contributed by atoms with Gasteiger partial charge in [-0.25, -0.2) is 0 Å². The summed E-state index contributed by atoms with van der Waals surface area (Å²) >= 11 is 17.1. The first kappa shape index (κ1) is 17.2. The quantitative estimate of drug-likeness (QED) is 0.786. The molecule has 2 aromatic rings. The van der Waals surface area contributed by atoms with Crippen LogP contribution in [0.25, 0.3) is 0 Å². The summed E-state index contributed by atoms with van der Waals surface area (Å²) < 4.78 is 9.19. The number of methoxy groups -OCH3 is 1. The molecule has 0 aliphatic rings. The van der Waals surface area contributed by atoms with Crippen molar-refractivity contribution in [3.8, 4) is 11.5 Å². The maximum Gasteiger partial charge on any atom is 0.220 e. The molecule has 0 aromatic heterocycles. The first-order chi connectivity index (χ1) is 10.4. The summed E-state index contributed by atoms with van der Waals surface area (Å²) in [5.41, 5.74) is 1.47. The second-order valence-corrected chi connectivity index (χ2v) is 7.00. The van der Waals surface area contributed by atoms with E-state index in [0.29, 0.717) is 23.7 Å². The minimum Gasteiger partial charge on any atom is -0.493 e. The van der Waals surface area contributed by atoms with E-state index in [0.717, 1.165) is 5.56 Å². The average molecular weight is 362 g/mol. The Balaban J connectivity index is 2.16. The Morgan fingerprint density at radius 3 is 2.32 bits per heavy atom. The van der Waals surface area contributed by atoms with Crippen molar-refractivity contribution in [3.05, 3.63) is 59.7 Å². The molecule has 0 fully saturated rings. The molecule has 0 aliphatic carbocycles. The molecule has 1 unspecified atom stereocenters. The normalized spacial score (nSPS) is 12.8. The fourth-order valence-corrected chi connectivity index (χ4v) is 2.28. The van der Waals surface area contributed by atoms with E-state index in [2.05, 4.69) is 0 Å². The number of hydrogen-bond donors (Lipinski definition) is 1. The van der Waals surface area contributed by atoms with E-state index in [-0.39, 0.29) is 0 Å².